The number of hydrogen-bond acceptors (Lipinski definition) is 6. The Labute approximate surface area is 127 Å². The topological polar surface area (TPSA) is 83.1 Å². The molecule has 1 unspecified atom stereocenters. The number of alkyl carbamates (subject to hydrolysis) is 1. The van der Waals surface area contributed by atoms with Crippen LogP contribution in [0.2, 0.25) is 0 Å². The summed E-state index contributed by atoms with van der Waals surface area (Å²) < 4.78 is 34.4. The number of carbonyl (C=O) groups excluding carboxylic acids is 1. The maximum Gasteiger partial charge on any atom is 0.407 e. The number of amides is 1. The predicted octanol–water partition coefficient (Wildman–Crippen LogP) is 2.79. The Morgan fingerprint density at radius 3 is 2.05 bits per heavy atom. The lowest BCUT2D eigenvalue weighted by Gasteiger charge is -2.36. The highest BCUT2D eigenvalue weighted by Gasteiger charge is 2.47. The van der Waals surface area contributed by atoms with Crippen molar-refractivity contribution in [3.63, 3.8) is 0 Å². The van der Waals surface area contributed by atoms with Crippen LogP contribution in [-0.2, 0) is 23.3 Å². The molecule has 0 saturated carbocycles. The highest BCUT2D eigenvalue weighted by Crippen LogP contribution is 2.59. The molecule has 0 rings (SSSR count). The Bertz CT molecular complexity index is 344. The SMILES string of the molecule is CCOC(=O)NCCP(=O)(OCC)C(C)(OCC)OCC. The van der Waals surface area contributed by atoms with Crippen LogP contribution in [0.15, 0.2) is 0 Å². The quantitative estimate of drug-likeness (QED) is 0.464. The molecule has 0 aliphatic carbocycles. The van der Waals surface area contributed by atoms with E-state index in [2.05, 4.69) is 5.32 Å². The minimum atomic E-state index is -3.26. The molecule has 0 aromatic carbocycles. The maximum atomic E-state index is 13.1. The molecule has 0 aromatic rings. The number of rotatable bonds is 11. The highest BCUT2D eigenvalue weighted by atomic mass is 31.2. The van der Waals surface area contributed by atoms with Crippen LogP contribution in [0, 0.1) is 0 Å². The largest absolute Gasteiger partial charge is 0.450 e. The molecule has 1 N–H and O–H groups in total. The molecule has 0 saturated heterocycles. The van der Waals surface area contributed by atoms with Gasteiger partial charge in [-0.15, -0.1) is 0 Å². The summed E-state index contributed by atoms with van der Waals surface area (Å²) in [6, 6.07) is 0. The van der Waals surface area contributed by atoms with Gasteiger partial charge in [0.15, 0.2) is 0 Å². The van der Waals surface area contributed by atoms with Crippen LogP contribution < -0.4 is 5.32 Å². The molecule has 7 nitrogen and oxygen atoms in total. The molecule has 0 radical (unpaired) electrons. The second kappa shape index (κ2) is 10.2. The monoisotopic (exact) mass is 325 g/mol. The second-order valence-corrected chi connectivity index (χ2v) is 7.09. The molecule has 1 amide bonds. The Balaban J connectivity index is 4.86. The first kappa shape index (κ1) is 20.4. The lowest BCUT2D eigenvalue weighted by molar-refractivity contribution is -0.167. The van der Waals surface area contributed by atoms with Crippen LogP contribution in [-0.4, -0.2) is 50.8 Å². The fourth-order valence-corrected chi connectivity index (χ4v) is 4.10. The summed E-state index contributed by atoms with van der Waals surface area (Å²) in [6.07, 6.45) is -0.439. The van der Waals surface area contributed by atoms with Crippen molar-refractivity contribution in [1.29, 1.82) is 0 Å². The average Bonchev–Trinajstić information content (AvgIpc) is 2.39. The molecule has 0 bridgehead atoms. The van der Waals surface area contributed by atoms with Crippen LogP contribution in [0.1, 0.15) is 34.6 Å². The molecule has 1 atom stereocenters. The Hall–Kier alpha value is -0.620. The van der Waals surface area contributed by atoms with E-state index in [0.717, 1.165) is 0 Å². The van der Waals surface area contributed by atoms with Crippen molar-refractivity contribution >= 4 is 13.5 Å². The van der Waals surface area contributed by atoms with Gasteiger partial charge in [0.25, 0.3) is 7.37 Å². The van der Waals surface area contributed by atoms with Gasteiger partial charge in [0.2, 0.25) is 5.53 Å². The lowest BCUT2D eigenvalue weighted by Crippen LogP contribution is -2.37. The molecule has 0 spiro atoms. The zero-order valence-corrected chi connectivity index (χ0v) is 14.5. The zero-order valence-electron chi connectivity index (χ0n) is 13.6. The van der Waals surface area contributed by atoms with Gasteiger partial charge in [-0.3, -0.25) is 4.57 Å². The van der Waals surface area contributed by atoms with Gasteiger partial charge in [0.1, 0.15) is 0 Å². The molecule has 8 heteroatoms. The molecule has 0 aromatic heterocycles. The van der Waals surface area contributed by atoms with Gasteiger partial charge in [0, 0.05) is 25.9 Å². The van der Waals surface area contributed by atoms with E-state index in [0.29, 0.717) is 13.2 Å². The van der Waals surface area contributed by atoms with Gasteiger partial charge >= 0.3 is 6.09 Å². The third kappa shape index (κ3) is 6.34. The Morgan fingerprint density at radius 2 is 1.62 bits per heavy atom. The summed E-state index contributed by atoms with van der Waals surface area (Å²) >= 11 is 0. The number of carbonyl (C=O) groups is 1. The summed E-state index contributed by atoms with van der Waals surface area (Å²) in [5, 5.41) is 2.53. The molecule has 21 heavy (non-hydrogen) atoms. The van der Waals surface area contributed by atoms with E-state index in [1.165, 1.54) is 0 Å². The van der Waals surface area contributed by atoms with Crippen molar-refractivity contribution in [2.75, 3.05) is 39.1 Å². The molecule has 0 aliphatic heterocycles. The first-order chi connectivity index (χ1) is 9.89. The van der Waals surface area contributed by atoms with E-state index in [9.17, 15) is 9.36 Å². The molecular weight excluding hydrogens is 297 g/mol. The number of ether oxygens (including phenoxy) is 3. The van der Waals surface area contributed by atoms with Crippen LogP contribution in [0.5, 0.6) is 0 Å². The van der Waals surface area contributed by atoms with Gasteiger partial charge in [-0.2, -0.15) is 0 Å². The van der Waals surface area contributed by atoms with Crippen LogP contribution in [0.3, 0.4) is 0 Å². The van der Waals surface area contributed by atoms with Crippen LogP contribution in [0.25, 0.3) is 0 Å². The van der Waals surface area contributed by atoms with Crippen molar-refractivity contribution < 1.29 is 28.1 Å². The van der Waals surface area contributed by atoms with Crippen molar-refractivity contribution in [3.05, 3.63) is 0 Å². The number of nitrogens with one attached hydrogen (secondary N) is 1. The molecule has 0 heterocycles. The van der Waals surface area contributed by atoms with E-state index in [1.54, 1.807) is 34.6 Å². The smallest absolute Gasteiger partial charge is 0.407 e. The lowest BCUT2D eigenvalue weighted by atomic mass is 10.7. The van der Waals surface area contributed by atoms with Crippen molar-refractivity contribution in [2.24, 2.45) is 0 Å². The van der Waals surface area contributed by atoms with Gasteiger partial charge in [-0.1, -0.05) is 0 Å². The van der Waals surface area contributed by atoms with Crippen LogP contribution >= 0.6 is 7.37 Å². The molecular formula is C13H28NO6P. The van der Waals surface area contributed by atoms with Gasteiger partial charge in [0.05, 0.1) is 13.2 Å². The summed E-state index contributed by atoms with van der Waals surface area (Å²) in [5.41, 5.74) is -1.32. The second-order valence-electron chi connectivity index (χ2n) is 4.23. The average molecular weight is 325 g/mol. The standard InChI is InChI=1S/C13H28NO6P/c1-6-17-12(15)14-10-11-21(16,20-9-4)13(5,18-7-2)19-8-3/h6-11H2,1-5H3,(H,14,15). The minimum absolute atomic E-state index is 0.107. The summed E-state index contributed by atoms with van der Waals surface area (Å²) in [7, 11) is -3.26. The highest BCUT2D eigenvalue weighted by molar-refractivity contribution is 7.60. The molecule has 0 aliphatic rings. The summed E-state index contributed by atoms with van der Waals surface area (Å²) in [5.74, 6) is 0. The van der Waals surface area contributed by atoms with E-state index in [4.69, 9.17) is 18.7 Å². The van der Waals surface area contributed by atoms with Crippen molar-refractivity contribution in [3.8, 4) is 0 Å². The minimum Gasteiger partial charge on any atom is -0.450 e. The fraction of sp³-hybridized carbons (Fsp3) is 0.923. The van der Waals surface area contributed by atoms with Crippen molar-refractivity contribution in [2.45, 2.75) is 40.1 Å². The van der Waals surface area contributed by atoms with Gasteiger partial charge in [-0.05, 0) is 34.6 Å². The van der Waals surface area contributed by atoms with Gasteiger partial charge in [-0.25, -0.2) is 4.79 Å². The predicted molar refractivity (Wildman–Crippen MR) is 80.8 cm³/mol. The Kier molecular flexibility index (Phi) is 9.86. The molecule has 126 valence electrons. The van der Waals surface area contributed by atoms with E-state index in [1.807, 2.05) is 0 Å². The first-order valence-corrected chi connectivity index (χ1v) is 9.12. The fourth-order valence-electron chi connectivity index (χ4n) is 1.85. The zero-order chi connectivity index (χ0) is 16.4. The summed E-state index contributed by atoms with van der Waals surface area (Å²) in [4.78, 5) is 11.3. The summed E-state index contributed by atoms with van der Waals surface area (Å²) in [6.45, 7) is 10.1. The third-order valence-electron chi connectivity index (χ3n) is 2.73. The normalized spacial score (nSPS) is 14.5. The van der Waals surface area contributed by atoms with Crippen molar-refractivity contribution in [1.82, 2.24) is 5.32 Å². The number of hydrogen-bond donors (Lipinski definition) is 1. The van der Waals surface area contributed by atoms with E-state index >= 15 is 0 Å². The first-order valence-electron chi connectivity index (χ1n) is 7.31. The van der Waals surface area contributed by atoms with E-state index in [-0.39, 0.29) is 25.9 Å². The molecule has 0 fully saturated rings. The van der Waals surface area contributed by atoms with Gasteiger partial charge < -0.3 is 24.1 Å². The van der Waals surface area contributed by atoms with Crippen LogP contribution in [0.4, 0.5) is 4.79 Å². The van der Waals surface area contributed by atoms with E-state index < -0.39 is 19.0 Å². The third-order valence-corrected chi connectivity index (χ3v) is 5.72. The Morgan fingerprint density at radius 1 is 1.05 bits per heavy atom. The maximum absolute atomic E-state index is 13.1.